The van der Waals surface area contributed by atoms with Gasteiger partial charge in [0.2, 0.25) is 6.35 Å². The minimum Gasteiger partial charge on any atom is -0.383 e. The van der Waals surface area contributed by atoms with E-state index in [1.807, 2.05) is 0 Å². The molecule has 0 fully saturated rings. The van der Waals surface area contributed by atoms with Crippen LogP contribution in [0.2, 0.25) is 0 Å². The van der Waals surface area contributed by atoms with E-state index in [9.17, 15) is 14.4 Å². The summed E-state index contributed by atoms with van der Waals surface area (Å²) in [5, 5.41) is 29.8. The highest BCUT2D eigenvalue weighted by Gasteiger charge is 2.27. The predicted molar refractivity (Wildman–Crippen MR) is 106 cm³/mol. The predicted octanol–water partition coefficient (Wildman–Crippen LogP) is 2.05. The number of nitrogens with zero attached hydrogens (tertiary/aromatic N) is 2. The smallest absolute Gasteiger partial charge is 0.233 e. The summed E-state index contributed by atoms with van der Waals surface area (Å²) in [6, 6.07) is 2.28. The van der Waals surface area contributed by atoms with E-state index < -0.39 is 21.9 Å². The molecule has 1 unspecified atom stereocenters. The van der Waals surface area contributed by atoms with Crippen molar-refractivity contribution < 1.29 is 14.4 Å². The molecular weight excluding hydrogens is 384 g/mol. The second kappa shape index (κ2) is 6.52. The quantitative estimate of drug-likeness (QED) is 0.564. The Balaban J connectivity index is 1.62. The van der Waals surface area contributed by atoms with Crippen molar-refractivity contribution in [2.45, 2.75) is 62.1 Å². The molecule has 7 nitrogen and oxygen atoms in total. The van der Waals surface area contributed by atoms with Crippen LogP contribution in [0.15, 0.2) is 20.8 Å². The molecule has 146 valence electrons. The summed E-state index contributed by atoms with van der Waals surface area (Å²) in [5.41, 5.74) is 4.87. The van der Waals surface area contributed by atoms with Gasteiger partial charge in [-0.3, -0.25) is 0 Å². The van der Waals surface area contributed by atoms with E-state index in [-0.39, 0.29) is 4.21 Å². The number of hydrogen-bond acceptors (Lipinski definition) is 7. The molecule has 1 aromatic carbocycles. The lowest BCUT2D eigenvalue weighted by atomic mass is 9.83. The van der Waals surface area contributed by atoms with Gasteiger partial charge in [-0.1, -0.05) is 6.07 Å². The molecule has 9 heteroatoms. The highest BCUT2D eigenvalue weighted by molar-refractivity contribution is 7.93. The third kappa shape index (κ3) is 3.50. The van der Waals surface area contributed by atoms with Gasteiger partial charge in [-0.15, -0.1) is 11.3 Å². The van der Waals surface area contributed by atoms with Crippen molar-refractivity contribution >= 4 is 26.9 Å². The monoisotopic (exact) mass is 408 g/mol. The van der Waals surface area contributed by atoms with Crippen molar-refractivity contribution in [2.24, 2.45) is 9.50 Å². The SMILES string of the molecule is CC(C)(O)c1ncc([S@](N)(=O)=NC(O)Nc2c3c(cc4c2CC4)CCC3)s1. The largest absolute Gasteiger partial charge is 0.383 e. The topological polar surface area (TPSA) is 121 Å². The van der Waals surface area contributed by atoms with Crippen molar-refractivity contribution in [2.75, 3.05) is 5.32 Å². The number of aromatic nitrogens is 1. The molecule has 2 aliphatic rings. The van der Waals surface area contributed by atoms with E-state index in [1.54, 1.807) is 13.8 Å². The van der Waals surface area contributed by atoms with E-state index in [0.717, 1.165) is 49.1 Å². The first-order chi connectivity index (χ1) is 12.6. The average molecular weight is 409 g/mol. The van der Waals surface area contributed by atoms with Crippen LogP contribution in [0.3, 0.4) is 0 Å². The summed E-state index contributed by atoms with van der Waals surface area (Å²) in [6.07, 6.45) is 5.13. The molecule has 27 heavy (non-hydrogen) atoms. The third-order valence-corrected chi connectivity index (χ3v) is 8.34. The standard InChI is InChI=1S/C18H24N4O3S2/c1-18(2,24)16-20-9-14(26-16)27(19,25)22-17(23)21-15-12-5-3-4-10(12)8-11-6-7-13(11)15/h8-9,17,21,23-24H,3-7H2,1-2H3,(H2,19,22,25)/t17?,27-/m1/s1. The normalized spacial score (nSPS) is 18.9. The Kier molecular flexibility index (Phi) is 4.55. The van der Waals surface area contributed by atoms with Crippen molar-refractivity contribution in [1.82, 2.24) is 4.98 Å². The number of benzene rings is 1. The minimum atomic E-state index is -3.33. The first kappa shape index (κ1) is 18.8. The van der Waals surface area contributed by atoms with E-state index in [2.05, 4.69) is 20.7 Å². The van der Waals surface area contributed by atoms with Gasteiger partial charge in [-0.05, 0) is 68.2 Å². The Labute approximate surface area is 163 Å². The van der Waals surface area contributed by atoms with Gasteiger partial charge in [0.05, 0.1) is 6.20 Å². The van der Waals surface area contributed by atoms with E-state index in [0.29, 0.717) is 5.01 Å². The molecule has 2 aliphatic carbocycles. The molecule has 1 heterocycles. The third-order valence-electron chi connectivity index (χ3n) is 5.07. The lowest BCUT2D eigenvalue weighted by Gasteiger charge is -2.27. The number of aliphatic hydroxyl groups is 2. The molecule has 0 bridgehead atoms. The maximum Gasteiger partial charge on any atom is 0.233 e. The van der Waals surface area contributed by atoms with Crippen LogP contribution in [0, 0.1) is 0 Å². The van der Waals surface area contributed by atoms with Gasteiger partial charge in [0.25, 0.3) is 0 Å². The Morgan fingerprint density at radius 2 is 2.00 bits per heavy atom. The molecule has 0 amide bonds. The summed E-state index contributed by atoms with van der Waals surface area (Å²) in [4.78, 5) is 4.07. The average Bonchev–Trinajstić information content (AvgIpc) is 3.18. The van der Waals surface area contributed by atoms with Crippen LogP contribution in [0.1, 0.15) is 47.5 Å². The van der Waals surface area contributed by atoms with Gasteiger partial charge in [-0.2, -0.15) is 4.36 Å². The maximum atomic E-state index is 12.8. The molecule has 5 N–H and O–H groups in total. The van der Waals surface area contributed by atoms with Crippen molar-refractivity contribution in [3.63, 3.8) is 0 Å². The molecule has 1 aromatic heterocycles. The van der Waals surface area contributed by atoms with Crippen LogP contribution in [-0.2, 0) is 41.2 Å². The number of aliphatic hydroxyl groups excluding tert-OH is 1. The van der Waals surface area contributed by atoms with Gasteiger partial charge >= 0.3 is 0 Å². The number of thiazole rings is 1. The van der Waals surface area contributed by atoms with Crippen molar-refractivity contribution in [1.29, 1.82) is 0 Å². The van der Waals surface area contributed by atoms with Crippen LogP contribution in [0.4, 0.5) is 5.69 Å². The number of nitrogens with one attached hydrogen (secondary N) is 1. The molecule has 0 aliphatic heterocycles. The van der Waals surface area contributed by atoms with Crippen LogP contribution < -0.4 is 10.5 Å². The van der Waals surface area contributed by atoms with Crippen LogP contribution in [-0.4, -0.2) is 25.8 Å². The summed E-state index contributed by atoms with van der Waals surface area (Å²) in [5.74, 6) is 0. The van der Waals surface area contributed by atoms with Crippen molar-refractivity contribution in [3.05, 3.63) is 39.5 Å². The summed E-state index contributed by atoms with van der Waals surface area (Å²) in [7, 11) is -3.33. The Hall–Kier alpha value is -1.52. The lowest BCUT2D eigenvalue weighted by molar-refractivity contribution is 0.0783. The van der Waals surface area contributed by atoms with Gasteiger partial charge in [0, 0.05) is 5.69 Å². The molecule has 2 atom stereocenters. The zero-order valence-corrected chi connectivity index (χ0v) is 17.0. The zero-order chi connectivity index (χ0) is 19.4. The molecule has 4 rings (SSSR count). The first-order valence-electron chi connectivity index (χ1n) is 8.99. The highest BCUT2D eigenvalue weighted by Crippen LogP contribution is 2.40. The molecule has 0 spiro atoms. The number of fused-ring (bicyclic) bond motifs is 2. The molecular formula is C18H24N4O3S2. The highest BCUT2D eigenvalue weighted by atomic mass is 32.2. The molecule has 2 aromatic rings. The fourth-order valence-corrected chi connectivity index (χ4v) is 5.80. The fourth-order valence-electron chi connectivity index (χ4n) is 3.65. The van der Waals surface area contributed by atoms with Crippen LogP contribution >= 0.6 is 11.3 Å². The Bertz CT molecular complexity index is 1020. The lowest BCUT2D eigenvalue weighted by Crippen LogP contribution is -2.25. The van der Waals surface area contributed by atoms with Gasteiger partial charge in [0.1, 0.15) is 24.7 Å². The van der Waals surface area contributed by atoms with Gasteiger partial charge in [-0.25, -0.2) is 14.3 Å². The number of aryl methyl sites for hydroxylation is 2. The second-order valence-electron chi connectivity index (χ2n) is 7.62. The van der Waals surface area contributed by atoms with Crippen LogP contribution in [0.5, 0.6) is 0 Å². The number of rotatable bonds is 5. The maximum absolute atomic E-state index is 12.8. The fraction of sp³-hybridized carbons (Fsp3) is 0.500. The van der Waals surface area contributed by atoms with E-state index in [4.69, 9.17) is 5.14 Å². The summed E-state index contributed by atoms with van der Waals surface area (Å²) < 4.78 is 17.0. The van der Waals surface area contributed by atoms with Gasteiger partial charge < -0.3 is 15.5 Å². The summed E-state index contributed by atoms with van der Waals surface area (Å²) in [6.45, 7) is 3.18. The summed E-state index contributed by atoms with van der Waals surface area (Å²) >= 11 is 1.04. The van der Waals surface area contributed by atoms with E-state index in [1.165, 1.54) is 28.5 Å². The zero-order valence-electron chi connectivity index (χ0n) is 15.4. The number of nitrogens with two attached hydrogens (primary N) is 1. The second-order valence-corrected chi connectivity index (χ2v) is 10.7. The van der Waals surface area contributed by atoms with Gasteiger partial charge in [0.15, 0.2) is 0 Å². The molecule has 0 radical (unpaired) electrons. The minimum absolute atomic E-state index is 0.228. The van der Waals surface area contributed by atoms with E-state index >= 15 is 0 Å². The number of anilines is 1. The molecule has 0 saturated heterocycles. The van der Waals surface area contributed by atoms with Crippen LogP contribution in [0.25, 0.3) is 0 Å². The van der Waals surface area contributed by atoms with Crippen molar-refractivity contribution in [3.8, 4) is 0 Å². The molecule has 0 saturated carbocycles. The first-order valence-corrected chi connectivity index (χ1v) is 11.4. The number of hydrogen-bond donors (Lipinski definition) is 4. The Morgan fingerprint density at radius 1 is 1.30 bits per heavy atom. The Morgan fingerprint density at radius 3 is 2.63 bits per heavy atom.